The third-order valence-electron chi connectivity index (χ3n) is 7.41. The van der Waals surface area contributed by atoms with Crippen LogP contribution in [0.5, 0.6) is 0 Å². The molecule has 0 spiro atoms. The van der Waals surface area contributed by atoms with Crippen LogP contribution in [0.1, 0.15) is 36.1 Å². The highest BCUT2D eigenvalue weighted by atomic mass is 35.5. The molecule has 0 heterocycles. The summed E-state index contributed by atoms with van der Waals surface area (Å²) < 4.78 is 29.4. The molecule has 9 heteroatoms. The van der Waals surface area contributed by atoms with E-state index in [1.165, 1.54) is 17.0 Å². The summed E-state index contributed by atoms with van der Waals surface area (Å²) in [7, 11) is -4.15. The Morgan fingerprint density at radius 3 is 2.00 bits per heavy atom. The Labute approximate surface area is 271 Å². The first-order chi connectivity index (χ1) is 21.4. The van der Waals surface area contributed by atoms with E-state index < -0.39 is 28.5 Å². The fourth-order valence-electron chi connectivity index (χ4n) is 4.89. The molecule has 0 aliphatic heterocycles. The van der Waals surface area contributed by atoms with Gasteiger partial charge in [0, 0.05) is 24.5 Å². The van der Waals surface area contributed by atoms with Crippen LogP contribution in [0.4, 0.5) is 5.69 Å². The topological polar surface area (TPSA) is 86.8 Å². The smallest absolute Gasteiger partial charge is 0.264 e. The first kappa shape index (κ1) is 33.7. The van der Waals surface area contributed by atoms with Crippen LogP contribution in [0.2, 0.25) is 5.02 Å². The van der Waals surface area contributed by atoms with Crippen molar-refractivity contribution in [3.8, 4) is 0 Å². The lowest BCUT2D eigenvalue weighted by molar-refractivity contribution is -0.140. The molecule has 4 aromatic carbocycles. The molecule has 0 aromatic heterocycles. The van der Waals surface area contributed by atoms with Crippen molar-refractivity contribution in [2.24, 2.45) is 5.92 Å². The van der Waals surface area contributed by atoms with Gasteiger partial charge in [0.25, 0.3) is 10.0 Å². The van der Waals surface area contributed by atoms with Gasteiger partial charge in [-0.25, -0.2) is 8.42 Å². The minimum absolute atomic E-state index is 0.0539. The maximum absolute atomic E-state index is 14.5. The molecule has 0 saturated heterocycles. The van der Waals surface area contributed by atoms with E-state index in [2.05, 4.69) is 5.32 Å². The summed E-state index contributed by atoms with van der Waals surface area (Å²) in [6.07, 6.45) is 0.242. The van der Waals surface area contributed by atoms with Crippen LogP contribution >= 0.6 is 11.6 Å². The highest BCUT2D eigenvalue weighted by molar-refractivity contribution is 7.92. The molecule has 45 heavy (non-hydrogen) atoms. The van der Waals surface area contributed by atoms with Crippen LogP contribution in [-0.4, -0.2) is 44.3 Å². The lowest BCUT2D eigenvalue weighted by atomic mass is 10.0. The fraction of sp³-hybridized carbons (Fsp3) is 0.278. The van der Waals surface area contributed by atoms with Crippen molar-refractivity contribution in [2.75, 3.05) is 17.4 Å². The Kier molecular flexibility index (Phi) is 11.4. The molecule has 0 radical (unpaired) electrons. The largest absolute Gasteiger partial charge is 0.354 e. The number of amides is 2. The zero-order valence-electron chi connectivity index (χ0n) is 26.1. The maximum Gasteiger partial charge on any atom is 0.264 e. The first-order valence-corrected chi connectivity index (χ1v) is 16.8. The maximum atomic E-state index is 14.5. The average molecular weight is 646 g/mol. The van der Waals surface area contributed by atoms with Gasteiger partial charge in [-0.3, -0.25) is 13.9 Å². The zero-order chi connectivity index (χ0) is 32.6. The molecular formula is C36H40ClN3O4S. The zero-order valence-corrected chi connectivity index (χ0v) is 27.7. The second-order valence-corrected chi connectivity index (χ2v) is 14.0. The number of halogens is 1. The summed E-state index contributed by atoms with van der Waals surface area (Å²) in [5.41, 5.74) is 3.80. The van der Waals surface area contributed by atoms with Crippen molar-refractivity contribution >= 4 is 39.1 Å². The summed E-state index contributed by atoms with van der Waals surface area (Å²) in [5, 5.41) is 3.49. The number of nitrogens with zero attached hydrogens (tertiary/aromatic N) is 2. The fourth-order valence-corrected chi connectivity index (χ4v) is 6.51. The molecule has 0 aliphatic carbocycles. The van der Waals surface area contributed by atoms with Crippen LogP contribution in [0, 0.1) is 19.8 Å². The van der Waals surface area contributed by atoms with Gasteiger partial charge < -0.3 is 10.2 Å². The van der Waals surface area contributed by atoms with E-state index >= 15 is 0 Å². The molecular weight excluding hydrogens is 606 g/mol. The quantitative estimate of drug-likeness (QED) is 0.178. The number of hydrogen-bond acceptors (Lipinski definition) is 4. The normalized spacial score (nSPS) is 12.0. The second kappa shape index (κ2) is 15.2. The van der Waals surface area contributed by atoms with Gasteiger partial charge in [-0.1, -0.05) is 103 Å². The first-order valence-electron chi connectivity index (χ1n) is 15.0. The summed E-state index contributed by atoms with van der Waals surface area (Å²) >= 11 is 6.31. The minimum atomic E-state index is -4.15. The summed E-state index contributed by atoms with van der Waals surface area (Å²) in [6.45, 7) is 7.75. The molecule has 2 amide bonds. The van der Waals surface area contributed by atoms with Crippen LogP contribution in [0.15, 0.2) is 108 Å². The van der Waals surface area contributed by atoms with E-state index in [1.54, 1.807) is 54.6 Å². The Balaban J connectivity index is 1.79. The van der Waals surface area contributed by atoms with E-state index in [1.807, 2.05) is 64.1 Å². The predicted octanol–water partition coefficient (Wildman–Crippen LogP) is 6.56. The Morgan fingerprint density at radius 2 is 1.40 bits per heavy atom. The number of carbonyl (C=O) groups excluding carboxylic acids is 2. The number of nitrogens with one attached hydrogen (secondary N) is 1. The van der Waals surface area contributed by atoms with Gasteiger partial charge in [0.2, 0.25) is 11.8 Å². The minimum Gasteiger partial charge on any atom is -0.354 e. The van der Waals surface area contributed by atoms with Crippen LogP contribution in [-0.2, 0) is 32.6 Å². The number of aryl methyl sites for hydroxylation is 2. The number of hydrogen-bond donors (Lipinski definition) is 1. The Morgan fingerprint density at radius 1 is 0.800 bits per heavy atom. The van der Waals surface area contributed by atoms with Gasteiger partial charge in [-0.15, -0.1) is 0 Å². The number of carbonyl (C=O) groups is 2. The molecule has 7 nitrogen and oxygen atoms in total. The van der Waals surface area contributed by atoms with Crippen molar-refractivity contribution in [3.05, 3.63) is 130 Å². The van der Waals surface area contributed by atoms with Crippen molar-refractivity contribution in [2.45, 2.75) is 51.6 Å². The van der Waals surface area contributed by atoms with Gasteiger partial charge in [0.1, 0.15) is 12.6 Å². The highest BCUT2D eigenvalue weighted by Crippen LogP contribution is 2.26. The molecule has 4 aromatic rings. The van der Waals surface area contributed by atoms with E-state index in [0.717, 1.165) is 21.0 Å². The predicted molar refractivity (Wildman–Crippen MR) is 181 cm³/mol. The number of rotatable bonds is 13. The molecule has 4 rings (SSSR count). The molecule has 0 bridgehead atoms. The molecule has 0 aliphatic rings. The van der Waals surface area contributed by atoms with Gasteiger partial charge >= 0.3 is 0 Å². The highest BCUT2D eigenvalue weighted by Gasteiger charge is 2.34. The van der Waals surface area contributed by atoms with Crippen molar-refractivity contribution in [1.82, 2.24) is 10.2 Å². The summed E-state index contributed by atoms with van der Waals surface area (Å²) in [5.74, 6) is -0.641. The SMILES string of the molecule is Cc1ccc(N(CC(=O)N(Cc2cccc(Cl)c2)C(Cc2ccccc2)C(=O)NCC(C)C)S(=O)(=O)c2ccc(C)cc2)cc1. The Bertz CT molecular complexity index is 1690. The second-order valence-electron chi connectivity index (χ2n) is 11.7. The number of benzene rings is 4. The summed E-state index contributed by atoms with van der Waals surface area (Å²) in [4.78, 5) is 29.9. The monoisotopic (exact) mass is 645 g/mol. The van der Waals surface area contributed by atoms with Gasteiger partial charge in [-0.05, 0) is 67.3 Å². The van der Waals surface area contributed by atoms with E-state index in [0.29, 0.717) is 22.8 Å². The molecule has 1 unspecified atom stereocenters. The van der Waals surface area contributed by atoms with E-state index in [-0.39, 0.29) is 29.7 Å². The standard InChI is InChI=1S/C36H40ClN3O4S/c1-26(2)23-38-36(42)34(22-29-9-6-5-7-10-29)39(24-30-11-8-12-31(37)21-30)35(41)25-40(32-17-13-27(3)14-18-32)45(43,44)33-19-15-28(4)16-20-33/h5-21,26,34H,22-25H2,1-4H3,(H,38,42). The average Bonchev–Trinajstić information content (AvgIpc) is 3.01. The van der Waals surface area contributed by atoms with Crippen molar-refractivity contribution < 1.29 is 18.0 Å². The molecule has 1 atom stereocenters. The number of sulfonamides is 1. The van der Waals surface area contributed by atoms with Crippen LogP contribution in [0.25, 0.3) is 0 Å². The van der Waals surface area contributed by atoms with Crippen LogP contribution in [0.3, 0.4) is 0 Å². The summed E-state index contributed by atoms with van der Waals surface area (Å²) in [6, 6.07) is 29.2. The van der Waals surface area contributed by atoms with E-state index in [9.17, 15) is 18.0 Å². The van der Waals surface area contributed by atoms with Gasteiger partial charge in [0.05, 0.1) is 10.6 Å². The van der Waals surface area contributed by atoms with Gasteiger partial charge in [0.15, 0.2) is 0 Å². The molecule has 1 N–H and O–H groups in total. The third kappa shape index (κ3) is 9.19. The molecule has 0 saturated carbocycles. The third-order valence-corrected chi connectivity index (χ3v) is 9.43. The molecule has 0 fully saturated rings. The van der Waals surface area contributed by atoms with E-state index in [4.69, 9.17) is 11.6 Å². The van der Waals surface area contributed by atoms with Crippen LogP contribution < -0.4 is 9.62 Å². The van der Waals surface area contributed by atoms with Gasteiger partial charge in [-0.2, -0.15) is 0 Å². The lowest BCUT2D eigenvalue weighted by Crippen LogP contribution is -2.53. The lowest BCUT2D eigenvalue weighted by Gasteiger charge is -2.34. The molecule has 236 valence electrons. The number of anilines is 1. The van der Waals surface area contributed by atoms with Crippen molar-refractivity contribution in [1.29, 1.82) is 0 Å². The van der Waals surface area contributed by atoms with Crippen molar-refractivity contribution in [3.63, 3.8) is 0 Å². The Hall–Kier alpha value is -4.14.